The fourth-order valence-electron chi connectivity index (χ4n) is 2.44. The molecule has 0 bridgehead atoms. The van der Waals surface area contributed by atoms with Gasteiger partial charge in [0.2, 0.25) is 0 Å². The molecular weight excluding hydrogens is 263 g/mol. The van der Waals surface area contributed by atoms with Crippen LogP contribution in [0.25, 0.3) is 0 Å². The molecule has 0 saturated carbocycles. The molecule has 2 rings (SSSR count). The van der Waals surface area contributed by atoms with E-state index in [9.17, 15) is 0 Å². The number of hydrogen-bond acceptors (Lipinski definition) is 3. The standard InChI is InChI=1S/C17H27BO3/c1-13(18-20-16(2,3)17(4,5)21-18)7-8-14-9-11-15(19-6)12-10-14/h9-13H,7-8H2,1-6H3. The van der Waals surface area contributed by atoms with Crippen molar-refractivity contribution in [2.75, 3.05) is 7.11 Å². The van der Waals surface area contributed by atoms with Crippen molar-refractivity contribution in [2.45, 2.75) is 64.5 Å². The van der Waals surface area contributed by atoms with E-state index >= 15 is 0 Å². The highest BCUT2D eigenvalue weighted by atomic mass is 16.7. The van der Waals surface area contributed by atoms with Gasteiger partial charge in [-0.25, -0.2) is 0 Å². The van der Waals surface area contributed by atoms with Crippen LogP contribution < -0.4 is 4.74 Å². The van der Waals surface area contributed by atoms with Gasteiger partial charge in [0.25, 0.3) is 0 Å². The molecule has 1 aromatic carbocycles. The predicted molar refractivity (Wildman–Crippen MR) is 86.8 cm³/mol. The van der Waals surface area contributed by atoms with Crippen LogP contribution in [0.2, 0.25) is 5.82 Å². The zero-order valence-corrected chi connectivity index (χ0v) is 14.1. The van der Waals surface area contributed by atoms with Crippen LogP contribution in [-0.2, 0) is 15.7 Å². The maximum Gasteiger partial charge on any atom is 0.460 e. The van der Waals surface area contributed by atoms with Gasteiger partial charge in [-0.05, 0) is 64.1 Å². The van der Waals surface area contributed by atoms with Crippen LogP contribution in [-0.4, -0.2) is 25.4 Å². The Labute approximate surface area is 129 Å². The fraction of sp³-hybridized carbons (Fsp3) is 0.647. The lowest BCUT2D eigenvalue weighted by atomic mass is 9.70. The van der Waals surface area contributed by atoms with Gasteiger partial charge in [0.05, 0.1) is 18.3 Å². The third-order valence-electron chi connectivity index (χ3n) is 4.78. The molecule has 1 fully saturated rings. The molecule has 1 aliphatic heterocycles. The molecule has 21 heavy (non-hydrogen) atoms. The van der Waals surface area contributed by atoms with Gasteiger partial charge in [-0.2, -0.15) is 0 Å². The van der Waals surface area contributed by atoms with Crippen molar-refractivity contribution in [2.24, 2.45) is 0 Å². The minimum atomic E-state index is -0.244. The molecule has 0 amide bonds. The zero-order valence-electron chi connectivity index (χ0n) is 14.1. The van der Waals surface area contributed by atoms with E-state index < -0.39 is 0 Å². The van der Waals surface area contributed by atoms with Crippen molar-refractivity contribution in [3.8, 4) is 5.75 Å². The summed E-state index contributed by atoms with van der Waals surface area (Å²) in [7, 11) is 1.57. The van der Waals surface area contributed by atoms with Gasteiger partial charge in [-0.3, -0.25) is 0 Å². The van der Waals surface area contributed by atoms with Crippen LogP contribution in [0.5, 0.6) is 5.75 Å². The van der Waals surface area contributed by atoms with E-state index in [0.29, 0.717) is 5.82 Å². The van der Waals surface area contributed by atoms with Gasteiger partial charge in [0.15, 0.2) is 0 Å². The number of aryl methyl sites for hydroxylation is 1. The van der Waals surface area contributed by atoms with Gasteiger partial charge in [0, 0.05) is 0 Å². The van der Waals surface area contributed by atoms with Gasteiger partial charge in [-0.15, -0.1) is 0 Å². The van der Waals surface area contributed by atoms with E-state index in [0.717, 1.165) is 18.6 Å². The summed E-state index contributed by atoms with van der Waals surface area (Å²) >= 11 is 0. The Morgan fingerprint density at radius 2 is 1.57 bits per heavy atom. The summed E-state index contributed by atoms with van der Waals surface area (Å²) in [5.74, 6) is 1.27. The number of ether oxygens (including phenoxy) is 1. The molecule has 1 unspecified atom stereocenters. The maximum atomic E-state index is 6.11. The maximum absolute atomic E-state index is 6.11. The minimum absolute atomic E-state index is 0.117. The molecule has 4 heteroatoms. The SMILES string of the molecule is COc1ccc(CCC(C)B2OC(C)(C)C(C)(C)O2)cc1. The van der Waals surface area contributed by atoms with E-state index in [-0.39, 0.29) is 18.3 Å². The smallest absolute Gasteiger partial charge is 0.460 e. The van der Waals surface area contributed by atoms with Crippen LogP contribution >= 0.6 is 0 Å². The molecule has 0 aromatic heterocycles. The van der Waals surface area contributed by atoms with Gasteiger partial charge >= 0.3 is 7.12 Å². The third kappa shape index (κ3) is 3.61. The lowest BCUT2D eigenvalue weighted by Gasteiger charge is -2.32. The monoisotopic (exact) mass is 290 g/mol. The Morgan fingerprint density at radius 1 is 1.05 bits per heavy atom. The number of hydrogen-bond donors (Lipinski definition) is 0. The van der Waals surface area contributed by atoms with Crippen molar-refractivity contribution >= 4 is 7.12 Å². The van der Waals surface area contributed by atoms with Crippen LogP contribution in [0, 0.1) is 0 Å². The first-order valence-electron chi connectivity index (χ1n) is 7.74. The van der Waals surface area contributed by atoms with Crippen molar-refractivity contribution < 1.29 is 14.0 Å². The van der Waals surface area contributed by atoms with Gasteiger partial charge in [0.1, 0.15) is 5.75 Å². The Bertz CT molecular complexity index is 451. The van der Waals surface area contributed by atoms with Crippen molar-refractivity contribution in [1.82, 2.24) is 0 Å². The Balaban J connectivity index is 1.89. The number of rotatable bonds is 5. The molecule has 0 N–H and O–H groups in total. The highest BCUT2D eigenvalue weighted by Crippen LogP contribution is 2.40. The molecule has 1 saturated heterocycles. The van der Waals surface area contributed by atoms with E-state index in [4.69, 9.17) is 14.0 Å². The highest BCUT2D eigenvalue weighted by Gasteiger charge is 2.52. The molecule has 1 heterocycles. The van der Waals surface area contributed by atoms with E-state index in [1.165, 1.54) is 5.56 Å². The normalized spacial score (nSPS) is 21.3. The van der Waals surface area contributed by atoms with E-state index in [1.807, 2.05) is 12.1 Å². The second-order valence-corrected chi connectivity index (χ2v) is 6.99. The zero-order chi connectivity index (χ0) is 15.7. The molecule has 116 valence electrons. The van der Waals surface area contributed by atoms with Gasteiger partial charge < -0.3 is 14.0 Å². The topological polar surface area (TPSA) is 27.7 Å². The fourth-order valence-corrected chi connectivity index (χ4v) is 2.44. The summed E-state index contributed by atoms with van der Waals surface area (Å²) in [4.78, 5) is 0. The lowest BCUT2D eigenvalue weighted by Crippen LogP contribution is -2.41. The molecule has 1 aromatic rings. The highest BCUT2D eigenvalue weighted by molar-refractivity contribution is 6.47. The largest absolute Gasteiger partial charge is 0.497 e. The van der Waals surface area contributed by atoms with Crippen LogP contribution in [0.3, 0.4) is 0 Å². The number of benzene rings is 1. The summed E-state index contributed by atoms with van der Waals surface area (Å²) in [5, 5.41) is 0. The van der Waals surface area contributed by atoms with Crippen molar-refractivity contribution in [1.29, 1.82) is 0 Å². The van der Waals surface area contributed by atoms with E-state index in [2.05, 4.69) is 46.8 Å². The molecule has 0 aliphatic carbocycles. The average molecular weight is 290 g/mol. The Hall–Kier alpha value is -0.995. The summed E-state index contributed by atoms with van der Waals surface area (Å²) in [6, 6.07) is 8.26. The first-order chi connectivity index (χ1) is 9.75. The first kappa shape index (κ1) is 16.4. The van der Waals surface area contributed by atoms with Crippen molar-refractivity contribution in [3.05, 3.63) is 29.8 Å². The van der Waals surface area contributed by atoms with Crippen LogP contribution in [0.4, 0.5) is 0 Å². The average Bonchev–Trinajstić information content (AvgIpc) is 2.65. The summed E-state index contributed by atoms with van der Waals surface area (Å²) in [6.45, 7) is 10.6. The molecular formula is C17H27BO3. The summed E-state index contributed by atoms with van der Waals surface area (Å²) in [5.41, 5.74) is 0.831. The Kier molecular flexibility index (Phi) is 4.69. The molecule has 1 aliphatic rings. The Morgan fingerprint density at radius 3 is 2.05 bits per heavy atom. The molecule has 1 atom stereocenters. The lowest BCUT2D eigenvalue weighted by molar-refractivity contribution is 0.00578. The number of methoxy groups -OCH3 is 1. The first-order valence-corrected chi connectivity index (χ1v) is 7.74. The second-order valence-electron chi connectivity index (χ2n) is 6.99. The quantitative estimate of drug-likeness (QED) is 0.764. The van der Waals surface area contributed by atoms with E-state index in [1.54, 1.807) is 7.11 Å². The summed E-state index contributed by atoms with van der Waals surface area (Å²) in [6.07, 6.45) is 2.07. The second kappa shape index (κ2) is 6.01. The predicted octanol–water partition coefficient (Wildman–Crippen LogP) is 4.11. The van der Waals surface area contributed by atoms with Crippen LogP contribution in [0.1, 0.15) is 46.6 Å². The molecule has 3 nitrogen and oxygen atoms in total. The molecule has 0 spiro atoms. The van der Waals surface area contributed by atoms with Crippen molar-refractivity contribution in [3.63, 3.8) is 0 Å². The third-order valence-corrected chi connectivity index (χ3v) is 4.78. The van der Waals surface area contributed by atoms with Gasteiger partial charge in [-0.1, -0.05) is 19.1 Å². The van der Waals surface area contributed by atoms with Crippen LogP contribution in [0.15, 0.2) is 24.3 Å². The minimum Gasteiger partial charge on any atom is -0.497 e. The summed E-state index contributed by atoms with van der Waals surface area (Å²) < 4.78 is 17.4. The molecule has 0 radical (unpaired) electrons.